The van der Waals surface area contributed by atoms with Crippen LogP contribution in [0.25, 0.3) is 0 Å². The molecule has 0 aromatic carbocycles. The quantitative estimate of drug-likeness (QED) is 0.817. The lowest BCUT2D eigenvalue weighted by molar-refractivity contribution is -0.138. The second kappa shape index (κ2) is 8.32. The lowest BCUT2D eigenvalue weighted by atomic mass is 9.94. The summed E-state index contributed by atoms with van der Waals surface area (Å²) in [6.45, 7) is 8.62. The Morgan fingerprint density at radius 3 is 2.56 bits per heavy atom. The van der Waals surface area contributed by atoms with Crippen LogP contribution in [-0.2, 0) is 11.3 Å². The summed E-state index contributed by atoms with van der Waals surface area (Å²) in [5, 5.41) is 4.08. The first-order valence-electron chi connectivity index (χ1n) is 9.70. The van der Waals surface area contributed by atoms with E-state index in [1.165, 1.54) is 32.1 Å². The van der Waals surface area contributed by atoms with Crippen molar-refractivity contribution in [2.45, 2.75) is 64.6 Å². The van der Waals surface area contributed by atoms with Gasteiger partial charge < -0.3 is 9.42 Å². The molecule has 6 heteroatoms. The largest absolute Gasteiger partial charge is 0.361 e. The number of rotatable bonds is 5. The first-order valence-corrected chi connectivity index (χ1v) is 9.70. The van der Waals surface area contributed by atoms with E-state index >= 15 is 0 Å². The van der Waals surface area contributed by atoms with Gasteiger partial charge in [-0.25, -0.2) is 0 Å². The first kappa shape index (κ1) is 18.4. The van der Waals surface area contributed by atoms with Gasteiger partial charge in [0.15, 0.2) is 0 Å². The van der Waals surface area contributed by atoms with Crippen LogP contribution in [0.3, 0.4) is 0 Å². The van der Waals surface area contributed by atoms with Crippen LogP contribution in [0, 0.1) is 6.92 Å². The molecule has 1 saturated heterocycles. The molecule has 1 aliphatic carbocycles. The Bertz CT molecular complexity index is 560. The summed E-state index contributed by atoms with van der Waals surface area (Å²) in [4.78, 5) is 19.6. The van der Waals surface area contributed by atoms with E-state index in [9.17, 15) is 4.79 Å². The van der Waals surface area contributed by atoms with Crippen molar-refractivity contribution in [1.82, 2.24) is 19.9 Å². The predicted octanol–water partition coefficient (Wildman–Crippen LogP) is 2.28. The van der Waals surface area contributed by atoms with Crippen LogP contribution >= 0.6 is 0 Å². The summed E-state index contributed by atoms with van der Waals surface area (Å²) in [6, 6.07) is 2.42. The van der Waals surface area contributed by atoms with Crippen molar-refractivity contribution >= 4 is 5.91 Å². The summed E-state index contributed by atoms with van der Waals surface area (Å²) >= 11 is 0. The number of carbonyl (C=O) groups excluding carboxylic acids is 1. The van der Waals surface area contributed by atoms with E-state index in [4.69, 9.17) is 4.52 Å². The number of likely N-dealkylation sites (N-methyl/N-ethyl adjacent to an activating group) is 1. The lowest BCUT2D eigenvalue weighted by Gasteiger charge is -2.40. The fourth-order valence-electron chi connectivity index (χ4n) is 4.13. The van der Waals surface area contributed by atoms with Crippen molar-refractivity contribution in [2.75, 3.05) is 33.2 Å². The van der Waals surface area contributed by atoms with Crippen LogP contribution in [0.1, 0.15) is 50.5 Å². The highest BCUT2D eigenvalue weighted by molar-refractivity contribution is 5.81. The maximum atomic E-state index is 12.9. The highest BCUT2D eigenvalue weighted by Gasteiger charge is 2.30. The Hall–Kier alpha value is -1.40. The van der Waals surface area contributed by atoms with Gasteiger partial charge in [0.25, 0.3) is 0 Å². The molecular weight excluding hydrogens is 316 g/mol. The molecule has 2 heterocycles. The fraction of sp³-hybridized carbons (Fsp3) is 0.789. The van der Waals surface area contributed by atoms with Gasteiger partial charge in [0, 0.05) is 51.9 Å². The minimum Gasteiger partial charge on any atom is -0.361 e. The van der Waals surface area contributed by atoms with E-state index in [2.05, 4.69) is 21.9 Å². The molecule has 2 aliphatic rings. The van der Waals surface area contributed by atoms with Crippen molar-refractivity contribution < 1.29 is 9.32 Å². The van der Waals surface area contributed by atoms with Gasteiger partial charge in [0.05, 0.1) is 11.7 Å². The smallest absolute Gasteiger partial charge is 0.239 e. The Morgan fingerprint density at radius 2 is 1.96 bits per heavy atom. The molecule has 0 radical (unpaired) electrons. The van der Waals surface area contributed by atoms with E-state index in [1.807, 2.05) is 24.9 Å². The monoisotopic (exact) mass is 348 g/mol. The molecule has 1 saturated carbocycles. The van der Waals surface area contributed by atoms with E-state index in [-0.39, 0.29) is 11.9 Å². The Balaban J connectivity index is 1.47. The molecule has 1 aromatic rings. The average molecular weight is 348 g/mol. The lowest BCUT2D eigenvalue weighted by Crippen LogP contribution is -2.55. The number of nitrogens with zero attached hydrogens (tertiary/aromatic N) is 4. The third-order valence-corrected chi connectivity index (χ3v) is 5.84. The number of carbonyl (C=O) groups is 1. The molecule has 0 N–H and O–H groups in total. The van der Waals surface area contributed by atoms with E-state index in [1.54, 1.807) is 0 Å². The van der Waals surface area contributed by atoms with Gasteiger partial charge in [0.2, 0.25) is 5.91 Å². The van der Waals surface area contributed by atoms with Gasteiger partial charge in [-0.15, -0.1) is 0 Å². The van der Waals surface area contributed by atoms with Crippen LogP contribution in [0.15, 0.2) is 10.6 Å². The third kappa shape index (κ3) is 4.61. The summed E-state index contributed by atoms with van der Waals surface area (Å²) in [5.41, 5.74) is 0.993. The molecule has 6 nitrogen and oxygen atoms in total. The number of hydrogen-bond donors (Lipinski definition) is 0. The number of hydrogen-bond acceptors (Lipinski definition) is 5. The molecule has 1 unspecified atom stereocenters. The summed E-state index contributed by atoms with van der Waals surface area (Å²) in [5.74, 6) is 1.14. The zero-order valence-corrected chi connectivity index (χ0v) is 15.9. The molecule has 25 heavy (non-hydrogen) atoms. The molecule has 1 amide bonds. The van der Waals surface area contributed by atoms with E-state index in [0.717, 1.165) is 44.2 Å². The fourth-order valence-corrected chi connectivity index (χ4v) is 4.13. The third-order valence-electron chi connectivity index (χ3n) is 5.84. The second-order valence-corrected chi connectivity index (χ2v) is 7.66. The van der Waals surface area contributed by atoms with E-state index < -0.39 is 0 Å². The van der Waals surface area contributed by atoms with Crippen LogP contribution in [0.5, 0.6) is 0 Å². The Labute approximate surface area is 151 Å². The zero-order valence-electron chi connectivity index (χ0n) is 15.9. The highest BCUT2D eigenvalue weighted by Crippen LogP contribution is 2.23. The topological polar surface area (TPSA) is 52.8 Å². The van der Waals surface area contributed by atoms with Crippen molar-refractivity contribution in [1.29, 1.82) is 0 Å². The predicted molar refractivity (Wildman–Crippen MR) is 97.2 cm³/mol. The number of aromatic nitrogens is 1. The molecule has 1 aliphatic heterocycles. The number of amides is 1. The average Bonchev–Trinajstić information content (AvgIpc) is 3.06. The van der Waals surface area contributed by atoms with Crippen LogP contribution in [0.2, 0.25) is 0 Å². The van der Waals surface area contributed by atoms with Crippen LogP contribution in [-0.4, -0.2) is 71.1 Å². The van der Waals surface area contributed by atoms with Crippen LogP contribution in [0.4, 0.5) is 0 Å². The van der Waals surface area contributed by atoms with Crippen molar-refractivity contribution in [3.8, 4) is 0 Å². The Morgan fingerprint density at radius 1 is 1.28 bits per heavy atom. The van der Waals surface area contributed by atoms with E-state index in [0.29, 0.717) is 6.04 Å². The van der Waals surface area contributed by atoms with Gasteiger partial charge >= 0.3 is 0 Å². The molecule has 3 rings (SSSR count). The summed E-state index contributed by atoms with van der Waals surface area (Å²) in [7, 11) is 2.00. The molecule has 1 aromatic heterocycles. The molecule has 0 spiro atoms. The second-order valence-electron chi connectivity index (χ2n) is 7.66. The minimum absolute atomic E-state index is 0.0247. The standard InChI is InChI=1S/C19H32N4O2/c1-15-13-17(20-25-15)14-22-9-11-23(12-10-22)16(2)19(24)21(3)18-7-5-4-6-8-18/h13,16,18H,4-12,14H2,1-3H3. The maximum absolute atomic E-state index is 12.9. The summed E-state index contributed by atoms with van der Waals surface area (Å²) in [6.07, 6.45) is 6.18. The Kier molecular flexibility index (Phi) is 6.12. The normalized spacial score (nSPS) is 22.0. The molecular formula is C19H32N4O2. The van der Waals surface area contributed by atoms with Gasteiger partial charge in [-0.2, -0.15) is 0 Å². The molecule has 2 fully saturated rings. The van der Waals surface area contributed by atoms with Crippen molar-refractivity contribution in [3.63, 3.8) is 0 Å². The first-order chi connectivity index (χ1) is 12.0. The van der Waals surface area contributed by atoms with Gasteiger partial charge in [0.1, 0.15) is 5.76 Å². The maximum Gasteiger partial charge on any atom is 0.239 e. The summed E-state index contributed by atoms with van der Waals surface area (Å²) < 4.78 is 5.14. The van der Waals surface area contributed by atoms with Crippen molar-refractivity contribution in [3.05, 3.63) is 17.5 Å². The zero-order chi connectivity index (χ0) is 17.8. The minimum atomic E-state index is -0.0247. The van der Waals surface area contributed by atoms with Gasteiger partial charge in [-0.3, -0.25) is 14.6 Å². The SMILES string of the molecule is Cc1cc(CN2CCN(C(C)C(=O)N(C)C3CCCCC3)CC2)no1. The number of aryl methyl sites for hydroxylation is 1. The molecule has 1 atom stereocenters. The molecule has 0 bridgehead atoms. The van der Waals surface area contributed by atoms with Gasteiger partial charge in [-0.05, 0) is 26.7 Å². The van der Waals surface area contributed by atoms with Crippen LogP contribution < -0.4 is 0 Å². The number of piperazine rings is 1. The van der Waals surface area contributed by atoms with Crippen molar-refractivity contribution in [2.24, 2.45) is 0 Å². The molecule has 140 valence electrons. The van der Waals surface area contributed by atoms with Gasteiger partial charge in [-0.1, -0.05) is 24.4 Å². The highest BCUT2D eigenvalue weighted by atomic mass is 16.5.